The molecule has 1 saturated carbocycles. The molecule has 6 heteroatoms. The van der Waals surface area contributed by atoms with E-state index < -0.39 is 0 Å². The molecule has 1 aromatic rings. The van der Waals surface area contributed by atoms with Gasteiger partial charge in [0.25, 0.3) is 0 Å². The molecule has 134 valence electrons. The number of rotatable bonds is 6. The molecule has 0 aromatic carbocycles. The molecule has 1 aliphatic carbocycles. The quantitative estimate of drug-likeness (QED) is 0.828. The number of aromatic nitrogens is 1. The zero-order valence-electron chi connectivity index (χ0n) is 14.9. The van der Waals surface area contributed by atoms with Crippen LogP contribution in [0.5, 0.6) is 0 Å². The molecule has 2 N–H and O–H groups in total. The van der Waals surface area contributed by atoms with Crippen LogP contribution in [0.25, 0.3) is 0 Å². The van der Waals surface area contributed by atoms with Gasteiger partial charge in [0, 0.05) is 31.4 Å². The molecule has 2 fully saturated rings. The number of carbonyl (C=O) groups excluding carboxylic acids is 1. The Kier molecular flexibility index (Phi) is 5.87. The SMILES string of the molecule is C[C@@H]1CCCN1C(=O)CNC1CCC(CNc2ccc(C#N)cn2)C1. The molecular formula is C19H27N5O. The lowest BCUT2D eigenvalue weighted by Crippen LogP contribution is -2.42. The Balaban J connectivity index is 1.36. The van der Waals surface area contributed by atoms with E-state index in [-0.39, 0.29) is 5.91 Å². The summed E-state index contributed by atoms with van der Waals surface area (Å²) in [6, 6.07) is 6.53. The highest BCUT2D eigenvalue weighted by molar-refractivity contribution is 5.78. The van der Waals surface area contributed by atoms with E-state index in [1.54, 1.807) is 12.3 Å². The lowest BCUT2D eigenvalue weighted by Gasteiger charge is -2.23. The van der Waals surface area contributed by atoms with Crippen molar-refractivity contribution in [2.75, 3.05) is 25.0 Å². The molecule has 1 amide bonds. The number of hydrogen-bond acceptors (Lipinski definition) is 5. The van der Waals surface area contributed by atoms with Crippen LogP contribution >= 0.6 is 0 Å². The summed E-state index contributed by atoms with van der Waals surface area (Å²) in [6.45, 7) is 4.40. The summed E-state index contributed by atoms with van der Waals surface area (Å²) in [4.78, 5) is 18.5. The van der Waals surface area contributed by atoms with Crippen LogP contribution in [-0.2, 0) is 4.79 Å². The summed E-state index contributed by atoms with van der Waals surface area (Å²) < 4.78 is 0. The third-order valence-electron chi connectivity index (χ3n) is 5.42. The van der Waals surface area contributed by atoms with Crippen molar-refractivity contribution in [3.63, 3.8) is 0 Å². The molecule has 1 aromatic heterocycles. The normalized spacial score (nSPS) is 25.8. The first-order valence-electron chi connectivity index (χ1n) is 9.28. The zero-order valence-corrected chi connectivity index (χ0v) is 14.9. The first-order chi connectivity index (χ1) is 12.2. The molecule has 1 saturated heterocycles. The van der Waals surface area contributed by atoms with Crippen molar-refractivity contribution >= 4 is 11.7 Å². The average Bonchev–Trinajstić information content (AvgIpc) is 3.27. The number of anilines is 1. The number of nitrogens with zero attached hydrogens (tertiary/aromatic N) is 3. The van der Waals surface area contributed by atoms with E-state index in [9.17, 15) is 4.79 Å². The van der Waals surface area contributed by atoms with Crippen molar-refractivity contribution in [1.82, 2.24) is 15.2 Å². The third-order valence-corrected chi connectivity index (χ3v) is 5.42. The summed E-state index contributed by atoms with van der Waals surface area (Å²) in [7, 11) is 0. The van der Waals surface area contributed by atoms with Crippen LogP contribution in [0.15, 0.2) is 18.3 Å². The topological polar surface area (TPSA) is 81.0 Å². The number of carbonyl (C=O) groups is 1. The van der Waals surface area contributed by atoms with Crippen molar-refractivity contribution in [1.29, 1.82) is 5.26 Å². The maximum Gasteiger partial charge on any atom is 0.236 e. The van der Waals surface area contributed by atoms with Gasteiger partial charge in [-0.3, -0.25) is 4.79 Å². The Labute approximate surface area is 149 Å². The summed E-state index contributed by atoms with van der Waals surface area (Å²) in [5, 5.41) is 15.6. The first-order valence-corrected chi connectivity index (χ1v) is 9.28. The highest BCUT2D eigenvalue weighted by atomic mass is 16.2. The van der Waals surface area contributed by atoms with Crippen molar-refractivity contribution in [3.05, 3.63) is 23.9 Å². The van der Waals surface area contributed by atoms with E-state index in [0.717, 1.165) is 51.0 Å². The fraction of sp³-hybridized carbons (Fsp3) is 0.632. The molecule has 0 spiro atoms. The van der Waals surface area contributed by atoms with Gasteiger partial charge in [0.1, 0.15) is 11.9 Å². The minimum absolute atomic E-state index is 0.244. The van der Waals surface area contributed by atoms with Crippen LogP contribution < -0.4 is 10.6 Å². The van der Waals surface area contributed by atoms with Gasteiger partial charge < -0.3 is 15.5 Å². The Morgan fingerprint density at radius 3 is 2.96 bits per heavy atom. The standard InChI is InChI=1S/C19H27N5O/c1-14-3-2-8-24(14)19(25)13-21-17-6-4-15(9-17)11-22-18-7-5-16(10-20)12-23-18/h5,7,12,14-15,17,21H,2-4,6,8-9,11,13H2,1H3,(H,22,23)/t14-,15?,17?/m1/s1. The summed E-state index contributed by atoms with van der Waals surface area (Å²) in [6.07, 6.45) is 7.23. The van der Waals surface area contributed by atoms with Gasteiger partial charge in [0.2, 0.25) is 5.91 Å². The largest absolute Gasteiger partial charge is 0.370 e. The number of hydrogen-bond donors (Lipinski definition) is 2. The van der Waals surface area contributed by atoms with E-state index >= 15 is 0 Å². The summed E-state index contributed by atoms with van der Waals surface area (Å²) in [5.74, 6) is 1.65. The molecule has 0 bridgehead atoms. The molecule has 3 atom stereocenters. The molecule has 2 unspecified atom stereocenters. The number of likely N-dealkylation sites (tertiary alicyclic amines) is 1. The molecule has 2 heterocycles. The maximum atomic E-state index is 12.3. The molecule has 1 aliphatic heterocycles. The summed E-state index contributed by atoms with van der Waals surface area (Å²) in [5.41, 5.74) is 0.577. The molecular weight excluding hydrogens is 314 g/mol. The minimum Gasteiger partial charge on any atom is -0.370 e. The average molecular weight is 341 g/mol. The van der Waals surface area contributed by atoms with Crippen LogP contribution in [0.1, 0.15) is 44.6 Å². The third kappa shape index (κ3) is 4.70. The fourth-order valence-electron chi connectivity index (χ4n) is 3.90. The number of nitriles is 1. The molecule has 25 heavy (non-hydrogen) atoms. The lowest BCUT2D eigenvalue weighted by atomic mass is 10.1. The van der Waals surface area contributed by atoms with Gasteiger partial charge in [-0.25, -0.2) is 4.98 Å². The second-order valence-electron chi connectivity index (χ2n) is 7.26. The number of nitrogens with one attached hydrogen (secondary N) is 2. The van der Waals surface area contributed by atoms with Gasteiger partial charge in [-0.15, -0.1) is 0 Å². The molecule has 6 nitrogen and oxygen atoms in total. The van der Waals surface area contributed by atoms with Gasteiger partial charge in [-0.1, -0.05) is 0 Å². The Bertz CT molecular complexity index is 624. The van der Waals surface area contributed by atoms with E-state index in [0.29, 0.717) is 30.1 Å². The smallest absolute Gasteiger partial charge is 0.236 e. The predicted octanol–water partition coefficient (Wildman–Crippen LogP) is 2.13. The van der Waals surface area contributed by atoms with Crippen LogP contribution in [0, 0.1) is 17.2 Å². The highest BCUT2D eigenvalue weighted by Crippen LogP contribution is 2.26. The first kappa shape index (κ1) is 17.7. The van der Waals surface area contributed by atoms with E-state index in [4.69, 9.17) is 5.26 Å². The second kappa shape index (κ2) is 8.30. The van der Waals surface area contributed by atoms with Crippen molar-refractivity contribution in [2.45, 2.75) is 51.1 Å². The van der Waals surface area contributed by atoms with Gasteiger partial charge in [0.15, 0.2) is 0 Å². The highest BCUT2D eigenvalue weighted by Gasteiger charge is 2.28. The van der Waals surface area contributed by atoms with E-state index in [1.807, 2.05) is 11.0 Å². The maximum absolute atomic E-state index is 12.3. The van der Waals surface area contributed by atoms with Crippen LogP contribution in [0.4, 0.5) is 5.82 Å². The molecule has 0 radical (unpaired) electrons. The van der Waals surface area contributed by atoms with Gasteiger partial charge >= 0.3 is 0 Å². The van der Waals surface area contributed by atoms with Crippen LogP contribution in [-0.4, -0.2) is 47.5 Å². The Morgan fingerprint density at radius 2 is 2.28 bits per heavy atom. The van der Waals surface area contributed by atoms with Crippen molar-refractivity contribution in [3.8, 4) is 6.07 Å². The van der Waals surface area contributed by atoms with Gasteiger partial charge in [0.05, 0.1) is 12.1 Å². The van der Waals surface area contributed by atoms with E-state index in [2.05, 4.69) is 28.6 Å². The van der Waals surface area contributed by atoms with Gasteiger partial charge in [-0.05, 0) is 57.1 Å². The van der Waals surface area contributed by atoms with Crippen LogP contribution in [0.3, 0.4) is 0 Å². The Hall–Kier alpha value is -2.13. The van der Waals surface area contributed by atoms with Crippen molar-refractivity contribution < 1.29 is 4.79 Å². The van der Waals surface area contributed by atoms with E-state index in [1.165, 1.54) is 0 Å². The van der Waals surface area contributed by atoms with Gasteiger partial charge in [-0.2, -0.15) is 5.26 Å². The Morgan fingerprint density at radius 1 is 1.40 bits per heavy atom. The van der Waals surface area contributed by atoms with Crippen molar-refractivity contribution in [2.24, 2.45) is 5.92 Å². The summed E-state index contributed by atoms with van der Waals surface area (Å²) >= 11 is 0. The lowest BCUT2D eigenvalue weighted by molar-refractivity contribution is -0.130. The predicted molar refractivity (Wildman–Crippen MR) is 97.0 cm³/mol. The molecule has 3 rings (SSSR count). The van der Waals surface area contributed by atoms with Crippen LogP contribution in [0.2, 0.25) is 0 Å². The number of pyridine rings is 1. The zero-order chi connectivity index (χ0) is 17.6. The fourth-order valence-corrected chi connectivity index (χ4v) is 3.90. The second-order valence-corrected chi connectivity index (χ2v) is 7.26. The minimum atomic E-state index is 0.244. The number of amides is 1. The monoisotopic (exact) mass is 341 g/mol. The molecule has 2 aliphatic rings.